The zero-order valence-corrected chi connectivity index (χ0v) is 12.5. The molecule has 116 valence electrons. The van der Waals surface area contributed by atoms with Gasteiger partial charge in [-0.3, -0.25) is 4.79 Å². The van der Waals surface area contributed by atoms with Crippen molar-refractivity contribution in [3.63, 3.8) is 0 Å². The Kier molecular flexibility index (Phi) is 4.50. The molecule has 1 saturated carbocycles. The predicted molar refractivity (Wildman–Crippen MR) is 74.9 cm³/mol. The molecule has 1 unspecified atom stereocenters. The van der Waals surface area contributed by atoms with E-state index < -0.39 is 5.97 Å². The number of carbonyl (C=O) groups excluding carboxylic acids is 1. The second-order valence-corrected chi connectivity index (χ2v) is 5.63. The number of nitrogens with zero attached hydrogens (tertiary/aromatic N) is 2. The van der Waals surface area contributed by atoms with Gasteiger partial charge in [-0.2, -0.15) is 0 Å². The monoisotopic (exact) mass is 295 g/mol. The summed E-state index contributed by atoms with van der Waals surface area (Å²) in [6.07, 6.45) is 2.12. The van der Waals surface area contributed by atoms with Crippen LogP contribution in [0.1, 0.15) is 42.8 Å². The summed E-state index contributed by atoms with van der Waals surface area (Å²) in [5.41, 5.74) is 1.57. The van der Waals surface area contributed by atoms with Gasteiger partial charge in [0.25, 0.3) is 0 Å². The molecule has 1 aromatic rings. The number of carboxylic acid groups (broad SMARTS) is 1. The van der Waals surface area contributed by atoms with E-state index in [1.165, 1.54) is 4.90 Å². The Morgan fingerprint density at radius 2 is 2.14 bits per heavy atom. The van der Waals surface area contributed by atoms with E-state index in [2.05, 4.69) is 10.5 Å². The van der Waals surface area contributed by atoms with Gasteiger partial charge in [-0.1, -0.05) is 5.16 Å². The van der Waals surface area contributed by atoms with Gasteiger partial charge >= 0.3 is 12.0 Å². The van der Waals surface area contributed by atoms with Crippen molar-refractivity contribution in [3.8, 4) is 0 Å². The van der Waals surface area contributed by atoms with E-state index in [4.69, 9.17) is 9.63 Å². The van der Waals surface area contributed by atoms with Crippen LogP contribution in [0, 0.1) is 19.8 Å². The first-order valence-corrected chi connectivity index (χ1v) is 7.08. The van der Waals surface area contributed by atoms with E-state index in [1.807, 2.05) is 13.8 Å². The first kappa shape index (κ1) is 15.3. The summed E-state index contributed by atoms with van der Waals surface area (Å²) in [4.78, 5) is 24.5. The molecule has 0 aromatic carbocycles. The maximum absolute atomic E-state index is 12.3. The van der Waals surface area contributed by atoms with Crippen LogP contribution >= 0.6 is 0 Å². The molecule has 7 nitrogen and oxygen atoms in total. The molecule has 1 aromatic heterocycles. The highest BCUT2D eigenvalue weighted by Crippen LogP contribution is 2.30. The number of aliphatic carboxylic acids is 1. The summed E-state index contributed by atoms with van der Waals surface area (Å²) in [7, 11) is 0. The van der Waals surface area contributed by atoms with E-state index >= 15 is 0 Å². The lowest BCUT2D eigenvalue weighted by molar-refractivity contribution is -0.137. The van der Waals surface area contributed by atoms with Crippen molar-refractivity contribution in [3.05, 3.63) is 17.0 Å². The number of aromatic nitrogens is 1. The van der Waals surface area contributed by atoms with Crippen molar-refractivity contribution in [2.24, 2.45) is 5.92 Å². The number of aryl methyl sites for hydroxylation is 2. The molecule has 0 saturated heterocycles. The van der Waals surface area contributed by atoms with Crippen LogP contribution in [0.15, 0.2) is 4.52 Å². The van der Waals surface area contributed by atoms with Crippen molar-refractivity contribution in [2.45, 2.75) is 39.7 Å². The molecule has 2 amide bonds. The Balaban J connectivity index is 2.01. The summed E-state index contributed by atoms with van der Waals surface area (Å²) in [5, 5.41) is 15.6. The molecule has 2 rings (SSSR count). The van der Waals surface area contributed by atoms with Crippen LogP contribution in [-0.2, 0) is 4.79 Å². The molecule has 1 atom stereocenters. The number of amides is 2. The minimum absolute atomic E-state index is 0.278. The van der Waals surface area contributed by atoms with E-state index in [9.17, 15) is 9.59 Å². The fourth-order valence-corrected chi connectivity index (χ4v) is 2.45. The van der Waals surface area contributed by atoms with Gasteiger partial charge in [0.1, 0.15) is 12.3 Å². The van der Waals surface area contributed by atoms with E-state index in [0.717, 1.165) is 24.1 Å². The van der Waals surface area contributed by atoms with Gasteiger partial charge in [0.2, 0.25) is 0 Å². The molecule has 0 aliphatic heterocycles. The largest absolute Gasteiger partial charge is 0.480 e. The third kappa shape index (κ3) is 3.96. The van der Waals surface area contributed by atoms with Gasteiger partial charge in [-0.05, 0) is 39.5 Å². The number of hydrogen-bond donors (Lipinski definition) is 2. The molecular weight excluding hydrogens is 274 g/mol. The highest BCUT2D eigenvalue weighted by molar-refractivity contribution is 5.80. The zero-order valence-electron chi connectivity index (χ0n) is 12.5. The number of rotatable bonds is 6. The van der Waals surface area contributed by atoms with Crippen LogP contribution in [0.2, 0.25) is 0 Å². The number of nitrogens with one attached hydrogen (secondary N) is 1. The van der Waals surface area contributed by atoms with Gasteiger partial charge in [0, 0.05) is 12.1 Å². The SMILES string of the molecule is Cc1noc(C)c1C(C)NC(=O)N(CC(=O)O)CC1CC1. The average molecular weight is 295 g/mol. The molecular formula is C14H21N3O4. The summed E-state index contributed by atoms with van der Waals surface area (Å²) in [5.74, 6) is 0.0903. The maximum atomic E-state index is 12.3. The topological polar surface area (TPSA) is 95.7 Å². The van der Waals surface area contributed by atoms with Crippen LogP contribution in [0.3, 0.4) is 0 Å². The molecule has 21 heavy (non-hydrogen) atoms. The Hall–Kier alpha value is -2.05. The molecule has 0 radical (unpaired) electrons. The van der Waals surface area contributed by atoms with Crippen LogP contribution in [0.4, 0.5) is 4.79 Å². The third-order valence-corrected chi connectivity index (χ3v) is 3.65. The molecule has 1 heterocycles. The van der Waals surface area contributed by atoms with Gasteiger partial charge in [-0.25, -0.2) is 4.79 Å². The second-order valence-electron chi connectivity index (χ2n) is 5.63. The molecule has 1 aliphatic rings. The smallest absolute Gasteiger partial charge is 0.323 e. The Morgan fingerprint density at radius 3 is 2.62 bits per heavy atom. The van der Waals surface area contributed by atoms with E-state index in [0.29, 0.717) is 18.2 Å². The van der Waals surface area contributed by atoms with Gasteiger partial charge in [-0.15, -0.1) is 0 Å². The molecule has 2 N–H and O–H groups in total. The Labute approximate surface area is 123 Å². The van der Waals surface area contributed by atoms with E-state index in [-0.39, 0.29) is 18.6 Å². The maximum Gasteiger partial charge on any atom is 0.323 e. The number of carboxylic acids is 1. The molecule has 0 spiro atoms. The predicted octanol–water partition coefficient (Wildman–Crippen LogP) is 1.86. The van der Waals surface area contributed by atoms with Crippen molar-refractivity contribution in [1.82, 2.24) is 15.4 Å². The summed E-state index contributed by atoms with van der Waals surface area (Å²) in [6, 6.07) is -0.643. The molecule has 0 bridgehead atoms. The molecule has 1 fully saturated rings. The van der Waals surface area contributed by atoms with Crippen molar-refractivity contribution >= 4 is 12.0 Å². The Morgan fingerprint density at radius 1 is 1.48 bits per heavy atom. The van der Waals surface area contributed by atoms with Crippen molar-refractivity contribution in [2.75, 3.05) is 13.1 Å². The zero-order chi connectivity index (χ0) is 15.6. The highest BCUT2D eigenvalue weighted by atomic mass is 16.5. The normalized spacial score (nSPS) is 15.6. The standard InChI is InChI=1S/C14H21N3O4/c1-8(13-9(2)16-21-10(13)3)15-14(20)17(7-12(18)19)6-11-4-5-11/h8,11H,4-7H2,1-3H3,(H,15,20)(H,18,19). The van der Waals surface area contributed by atoms with Crippen LogP contribution in [-0.4, -0.2) is 40.3 Å². The Bertz CT molecular complexity index is 517. The minimum Gasteiger partial charge on any atom is -0.480 e. The first-order valence-electron chi connectivity index (χ1n) is 7.08. The van der Waals surface area contributed by atoms with Gasteiger partial charge in [0.05, 0.1) is 11.7 Å². The summed E-state index contributed by atoms with van der Waals surface area (Å²) < 4.78 is 5.09. The fourth-order valence-electron chi connectivity index (χ4n) is 2.45. The third-order valence-electron chi connectivity index (χ3n) is 3.65. The summed E-state index contributed by atoms with van der Waals surface area (Å²) in [6.45, 7) is 5.65. The lowest BCUT2D eigenvalue weighted by atomic mass is 10.1. The van der Waals surface area contributed by atoms with Gasteiger partial charge in [0.15, 0.2) is 0 Å². The highest BCUT2D eigenvalue weighted by Gasteiger charge is 2.29. The second kappa shape index (κ2) is 6.15. The first-order chi connectivity index (χ1) is 9.88. The minimum atomic E-state index is -1.00. The lowest BCUT2D eigenvalue weighted by Gasteiger charge is -2.23. The average Bonchev–Trinajstić information content (AvgIpc) is 3.13. The van der Waals surface area contributed by atoms with Gasteiger partial charge < -0.3 is 19.8 Å². The fraction of sp³-hybridized carbons (Fsp3) is 0.643. The van der Waals surface area contributed by atoms with E-state index in [1.54, 1.807) is 6.92 Å². The molecule has 7 heteroatoms. The quantitative estimate of drug-likeness (QED) is 0.835. The van der Waals surface area contributed by atoms with Crippen LogP contribution < -0.4 is 5.32 Å². The number of hydrogen-bond acceptors (Lipinski definition) is 4. The summed E-state index contributed by atoms with van der Waals surface area (Å²) >= 11 is 0. The van der Waals surface area contributed by atoms with Crippen molar-refractivity contribution in [1.29, 1.82) is 0 Å². The number of urea groups is 1. The molecule has 1 aliphatic carbocycles. The van der Waals surface area contributed by atoms with Crippen molar-refractivity contribution < 1.29 is 19.2 Å². The lowest BCUT2D eigenvalue weighted by Crippen LogP contribution is -2.44. The van der Waals surface area contributed by atoms with Crippen LogP contribution in [0.5, 0.6) is 0 Å². The number of carbonyl (C=O) groups is 2. The van der Waals surface area contributed by atoms with Crippen LogP contribution in [0.25, 0.3) is 0 Å².